The number of aliphatic imine (C=N–C) groups is 1. The van der Waals surface area contributed by atoms with Crippen molar-refractivity contribution in [2.45, 2.75) is 77.7 Å². The minimum absolute atomic E-state index is 0.0362. The number of amidine groups is 1. The summed E-state index contributed by atoms with van der Waals surface area (Å²) in [4.78, 5) is 32.4. The lowest BCUT2D eigenvalue weighted by Crippen LogP contribution is -2.51. The van der Waals surface area contributed by atoms with E-state index in [2.05, 4.69) is 17.2 Å². The Morgan fingerprint density at radius 2 is 1.79 bits per heavy atom. The van der Waals surface area contributed by atoms with E-state index in [-0.39, 0.29) is 30.6 Å². The quantitative estimate of drug-likeness (QED) is 0.481. The number of rotatable bonds is 7. The van der Waals surface area contributed by atoms with E-state index >= 15 is 0 Å². The summed E-state index contributed by atoms with van der Waals surface area (Å²) in [5.41, 5.74) is 1.49. The molecule has 0 unspecified atom stereocenters. The third kappa shape index (κ3) is 5.30. The molecule has 1 saturated carbocycles. The first-order valence-corrected chi connectivity index (χ1v) is 15.6. The maximum atomic E-state index is 13.2. The van der Waals surface area contributed by atoms with Gasteiger partial charge >= 0.3 is 5.69 Å². The summed E-state index contributed by atoms with van der Waals surface area (Å²) in [5.74, 6) is 1.60. The van der Waals surface area contributed by atoms with E-state index in [9.17, 15) is 23.1 Å². The van der Waals surface area contributed by atoms with Crippen molar-refractivity contribution in [1.82, 2.24) is 19.2 Å². The van der Waals surface area contributed by atoms with Crippen LogP contribution in [0.1, 0.15) is 68.7 Å². The molecule has 1 amide bonds. The molecule has 3 heterocycles. The van der Waals surface area contributed by atoms with Crippen molar-refractivity contribution in [3.63, 3.8) is 0 Å². The van der Waals surface area contributed by atoms with Crippen molar-refractivity contribution in [2.24, 2.45) is 16.8 Å². The average Bonchev–Trinajstić information content (AvgIpc) is 3.37. The van der Waals surface area contributed by atoms with Gasteiger partial charge in [0.25, 0.3) is 5.91 Å². The molecule has 2 fully saturated rings. The van der Waals surface area contributed by atoms with Crippen LogP contribution in [0.3, 0.4) is 0 Å². The Balaban J connectivity index is 1.20. The lowest BCUT2D eigenvalue weighted by atomic mass is 9.80. The van der Waals surface area contributed by atoms with Gasteiger partial charge in [-0.15, -0.1) is 0 Å². The van der Waals surface area contributed by atoms with Crippen molar-refractivity contribution in [2.75, 3.05) is 18.8 Å². The molecule has 39 heavy (non-hydrogen) atoms. The number of H-pyrrole nitrogens is 1. The largest absolute Gasteiger partial charge is 0.493 e. The zero-order valence-corrected chi connectivity index (χ0v) is 23.8. The first-order valence-electron chi connectivity index (χ1n) is 14.0. The Labute approximate surface area is 229 Å². The van der Waals surface area contributed by atoms with Gasteiger partial charge < -0.3 is 10.4 Å². The molecule has 3 N–H and O–H groups in total. The molecule has 11 heteroatoms. The van der Waals surface area contributed by atoms with Gasteiger partial charge in [0.1, 0.15) is 11.4 Å². The minimum atomic E-state index is -3.52. The molecular weight excluding hydrogens is 518 g/mol. The summed E-state index contributed by atoms with van der Waals surface area (Å²) in [7, 11) is -3.52. The molecule has 1 aromatic heterocycles. The fraction of sp³-hybridized carbons (Fsp3) is 0.607. The highest BCUT2D eigenvalue weighted by molar-refractivity contribution is 7.89. The normalized spacial score (nSPS) is 23.7. The van der Waals surface area contributed by atoms with Gasteiger partial charge in [-0.2, -0.15) is 0 Å². The minimum Gasteiger partial charge on any atom is -0.493 e. The van der Waals surface area contributed by atoms with Crippen LogP contribution in [0.4, 0.5) is 0 Å². The number of hydrogen-bond acceptors (Lipinski definition) is 6. The molecule has 212 valence electrons. The highest BCUT2D eigenvalue weighted by atomic mass is 32.2. The Morgan fingerprint density at radius 1 is 1.10 bits per heavy atom. The lowest BCUT2D eigenvalue weighted by Gasteiger charge is -2.34. The van der Waals surface area contributed by atoms with Gasteiger partial charge in [0.15, 0.2) is 0 Å². The number of imidazole rings is 1. The number of aryl methyl sites for hydroxylation is 2. The zero-order valence-electron chi connectivity index (χ0n) is 23.0. The highest BCUT2D eigenvalue weighted by Gasteiger charge is 2.48. The Morgan fingerprint density at radius 3 is 2.38 bits per heavy atom. The third-order valence-corrected chi connectivity index (χ3v) is 10.9. The number of aromatic amines is 1. The molecule has 3 aliphatic rings. The molecule has 0 atom stereocenters. The van der Waals surface area contributed by atoms with Crippen LogP contribution in [-0.4, -0.2) is 63.5 Å². The molecule has 10 nitrogen and oxygen atoms in total. The second kappa shape index (κ2) is 10.6. The first kappa shape index (κ1) is 27.6. The number of carbonyl (C=O) groups excluding carboxylic acids is 1. The SMILES string of the molecule is CCC1CCC(C2=NC3(CCN(S(=O)(=O)CCc4ccc(-n5c(C)c(O)[nH]c5=O)cc4C)CC3)C(=O)N2)CC1. The predicted molar refractivity (Wildman–Crippen MR) is 150 cm³/mol. The number of sulfonamides is 1. The maximum Gasteiger partial charge on any atom is 0.333 e. The number of hydrogen-bond donors (Lipinski definition) is 3. The van der Waals surface area contributed by atoms with E-state index in [1.165, 1.54) is 28.1 Å². The molecule has 1 aromatic carbocycles. The van der Waals surface area contributed by atoms with E-state index in [0.29, 0.717) is 36.6 Å². The maximum absolute atomic E-state index is 13.2. The number of amides is 1. The van der Waals surface area contributed by atoms with Gasteiger partial charge in [0.2, 0.25) is 15.9 Å². The van der Waals surface area contributed by atoms with Gasteiger partial charge in [-0.1, -0.05) is 19.4 Å². The van der Waals surface area contributed by atoms with Crippen LogP contribution in [0, 0.1) is 25.7 Å². The number of aromatic hydroxyl groups is 1. The third-order valence-electron chi connectivity index (χ3n) is 9.07. The van der Waals surface area contributed by atoms with Crippen molar-refractivity contribution < 1.29 is 18.3 Å². The van der Waals surface area contributed by atoms with E-state index in [0.717, 1.165) is 35.7 Å². The van der Waals surface area contributed by atoms with Gasteiger partial charge in [0.05, 0.1) is 17.1 Å². The summed E-state index contributed by atoms with van der Waals surface area (Å²) >= 11 is 0. The second-order valence-corrected chi connectivity index (χ2v) is 13.5. The molecule has 0 radical (unpaired) electrons. The number of aromatic nitrogens is 2. The monoisotopic (exact) mass is 557 g/mol. The second-order valence-electron chi connectivity index (χ2n) is 11.4. The lowest BCUT2D eigenvalue weighted by molar-refractivity contribution is -0.125. The predicted octanol–water partition coefficient (Wildman–Crippen LogP) is 2.94. The molecule has 5 rings (SSSR count). The standard InChI is InChI=1S/C28H39N5O5S/c1-4-20-5-7-22(8-6-20)24-29-26(35)28(31-24)12-14-32(15-13-28)39(37,38)16-11-21-9-10-23(17-18(21)2)33-19(3)25(34)30-27(33)36/h9-10,17,20,22,34H,4-8,11-16H2,1-3H3,(H,30,36)(H,29,31,35). The smallest absolute Gasteiger partial charge is 0.333 e. The van der Waals surface area contributed by atoms with Crippen molar-refractivity contribution in [1.29, 1.82) is 0 Å². The number of benzene rings is 1. The molecule has 1 spiro atoms. The van der Waals surface area contributed by atoms with Gasteiger partial charge in [-0.05, 0) is 88.0 Å². The van der Waals surface area contributed by atoms with Crippen LogP contribution < -0.4 is 11.0 Å². The fourth-order valence-corrected chi connectivity index (χ4v) is 7.81. The summed E-state index contributed by atoms with van der Waals surface area (Å²) < 4.78 is 29.3. The highest BCUT2D eigenvalue weighted by Crippen LogP contribution is 2.36. The summed E-state index contributed by atoms with van der Waals surface area (Å²) in [6.07, 6.45) is 6.79. The van der Waals surface area contributed by atoms with Crippen molar-refractivity contribution >= 4 is 21.8 Å². The summed E-state index contributed by atoms with van der Waals surface area (Å²) in [6, 6.07) is 5.40. The Hall–Kier alpha value is -2.92. The van der Waals surface area contributed by atoms with Gasteiger partial charge in [-0.25, -0.2) is 17.5 Å². The fourth-order valence-electron chi connectivity index (χ4n) is 6.34. The van der Waals surface area contributed by atoms with E-state index in [1.54, 1.807) is 13.0 Å². The molecule has 0 bridgehead atoms. The zero-order chi connectivity index (χ0) is 27.9. The van der Waals surface area contributed by atoms with Crippen molar-refractivity contribution in [3.8, 4) is 11.6 Å². The van der Waals surface area contributed by atoms with E-state index in [4.69, 9.17) is 4.99 Å². The van der Waals surface area contributed by atoms with Crippen LogP contribution in [-0.2, 0) is 21.2 Å². The number of nitrogens with zero attached hydrogens (tertiary/aromatic N) is 3. The van der Waals surface area contributed by atoms with Crippen molar-refractivity contribution in [3.05, 3.63) is 45.5 Å². The molecule has 2 aliphatic heterocycles. The topological polar surface area (TPSA) is 137 Å². The van der Waals surface area contributed by atoms with Gasteiger partial charge in [0, 0.05) is 19.0 Å². The van der Waals surface area contributed by atoms with Gasteiger partial charge in [-0.3, -0.25) is 19.3 Å². The first-order chi connectivity index (χ1) is 18.5. The molecular formula is C28H39N5O5S. The van der Waals surface area contributed by atoms with E-state index in [1.807, 2.05) is 19.1 Å². The molecule has 1 saturated heterocycles. The Bertz CT molecular complexity index is 1440. The summed E-state index contributed by atoms with van der Waals surface area (Å²) in [6.45, 7) is 6.32. The van der Waals surface area contributed by atoms with Crippen LogP contribution in [0.15, 0.2) is 28.0 Å². The van der Waals surface area contributed by atoms with Crippen LogP contribution in [0.5, 0.6) is 5.88 Å². The van der Waals surface area contributed by atoms with Crippen LogP contribution in [0.25, 0.3) is 5.69 Å². The van der Waals surface area contributed by atoms with Crippen LogP contribution in [0.2, 0.25) is 0 Å². The Kier molecular flexibility index (Phi) is 7.49. The van der Waals surface area contributed by atoms with E-state index < -0.39 is 21.3 Å². The summed E-state index contributed by atoms with van der Waals surface area (Å²) in [5, 5.41) is 12.9. The molecule has 1 aliphatic carbocycles. The number of nitrogens with one attached hydrogen (secondary N) is 2. The van der Waals surface area contributed by atoms with Crippen LogP contribution >= 0.6 is 0 Å². The number of carbonyl (C=O) groups is 1. The number of piperidine rings is 1. The molecule has 2 aromatic rings. The average molecular weight is 558 g/mol.